The molecule has 1 aromatic heterocycles. The molecule has 0 radical (unpaired) electrons. The third kappa shape index (κ3) is 4.33. The number of benzene rings is 2. The van der Waals surface area contributed by atoms with Crippen LogP contribution < -0.4 is 10.6 Å². The van der Waals surface area contributed by atoms with Crippen LogP contribution in [0.5, 0.6) is 0 Å². The fourth-order valence-corrected chi connectivity index (χ4v) is 5.09. The van der Waals surface area contributed by atoms with E-state index in [1.807, 2.05) is 29.2 Å². The van der Waals surface area contributed by atoms with Crippen molar-refractivity contribution in [1.29, 1.82) is 0 Å². The number of anilines is 2. The zero-order chi connectivity index (χ0) is 23.7. The van der Waals surface area contributed by atoms with Crippen molar-refractivity contribution in [3.8, 4) is 11.1 Å². The number of rotatable bonds is 4. The second-order valence-corrected chi connectivity index (χ2v) is 9.12. The maximum absolute atomic E-state index is 13.5. The minimum Gasteiger partial charge on any atom is -0.382 e. The Morgan fingerprint density at radius 1 is 1.09 bits per heavy atom. The molecule has 0 aliphatic carbocycles. The molecule has 178 valence electrons. The smallest absolute Gasteiger partial charge is 0.254 e. The number of aromatic nitrogens is 1. The van der Waals surface area contributed by atoms with E-state index in [1.54, 1.807) is 7.11 Å². The topological polar surface area (TPSA) is 80.9 Å². The number of ether oxygens (including phenoxy) is 2. The quantitative estimate of drug-likeness (QED) is 0.636. The van der Waals surface area contributed by atoms with Crippen LogP contribution in [0.4, 0.5) is 11.5 Å². The van der Waals surface area contributed by atoms with E-state index in [0.717, 1.165) is 64.8 Å². The van der Waals surface area contributed by atoms with E-state index in [0.29, 0.717) is 32.1 Å². The molecule has 0 unspecified atom stereocenters. The minimum absolute atomic E-state index is 0.0813. The van der Waals surface area contributed by atoms with Crippen LogP contribution in [0.1, 0.15) is 28.8 Å². The normalized spacial score (nSPS) is 17.4. The fraction of sp³-hybridized carbons (Fsp3) is 0.407. The number of likely N-dealkylation sites (tertiary alicyclic amines) is 1. The number of nitrogens with zero attached hydrogens (tertiary/aromatic N) is 3. The Morgan fingerprint density at radius 2 is 1.85 bits per heavy atom. The summed E-state index contributed by atoms with van der Waals surface area (Å²) in [5.74, 6) is 0.617. The number of piperidine rings is 1. The molecule has 3 heterocycles. The average Bonchev–Trinajstić information content (AvgIpc) is 2.88. The van der Waals surface area contributed by atoms with Crippen molar-refractivity contribution in [2.45, 2.75) is 25.9 Å². The van der Waals surface area contributed by atoms with Crippen molar-refractivity contribution in [3.63, 3.8) is 0 Å². The highest BCUT2D eigenvalue weighted by atomic mass is 16.5. The Balaban J connectivity index is 1.52. The molecule has 7 nitrogen and oxygen atoms in total. The molecule has 7 heteroatoms. The van der Waals surface area contributed by atoms with Crippen LogP contribution >= 0.6 is 0 Å². The van der Waals surface area contributed by atoms with Crippen LogP contribution in [0.15, 0.2) is 42.5 Å². The zero-order valence-corrected chi connectivity index (χ0v) is 19.9. The number of nitrogen functional groups attached to an aromatic ring is 1. The van der Waals surface area contributed by atoms with Crippen LogP contribution in [0, 0.1) is 6.92 Å². The summed E-state index contributed by atoms with van der Waals surface area (Å²) >= 11 is 0. The van der Waals surface area contributed by atoms with Gasteiger partial charge in [-0.15, -0.1) is 0 Å². The first kappa shape index (κ1) is 22.6. The number of hydrogen-bond acceptors (Lipinski definition) is 6. The summed E-state index contributed by atoms with van der Waals surface area (Å²) in [5, 5.41) is 1.01. The van der Waals surface area contributed by atoms with Crippen molar-refractivity contribution in [2.75, 3.05) is 57.1 Å². The molecule has 2 N–H and O–H groups in total. The molecule has 2 fully saturated rings. The minimum atomic E-state index is 0.0813. The Kier molecular flexibility index (Phi) is 6.39. The van der Waals surface area contributed by atoms with Gasteiger partial charge in [-0.05, 0) is 60.7 Å². The number of fused-ring (bicyclic) bond motifs is 1. The lowest BCUT2D eigenvalue weighted by Crippen LogP contribution is -2.40. The zero-order valence-electron chi connectivity index (χ0n) is 19.9. The molecule has 1 amide bonds. The summed E-state index contributed by atoms with van der Waals surface area (Å²) in [5.41, 5.74) is 11.9. The molecule has 2 aromatic carbocycles. The van der Waals surface area contributed by atoms with E-state index >= 15 is 0 Å². The lowest BCUT2D eigenvalue weighted by Gasteiger charge is -2.32. The van der Waals surface area contributed by atoms with Crippen molar-refractivity contribution < 1.29 is 14.3 Å². The third-order valence-corrected chi connectivity index (χ3v) is 7.03. The molecule has 3 aromatic rings. The Morgan fingerprint density at radius 3 is 2.59 bits per heavy atom. The highest BCUT2D eigenvalue weighted by Gasteiger charge is 2.26. The van der Waals surface area contributed by atoms with E-state index in [-0.39, 0.29) is 12.0 Å². The summed E-state index contributed by atoms with van der Waals surface area (Å²) in [6.07, 6.45) is 1.98. The van der Waals surface area contributed by atoms with E-state index in [4.69, 9.17) is 15.2 Å². The molecule has 0 bridgehead atoms. The van der Waals surface area contributed by atoms with Gasteiger partial charge in [0.25, 0.3) is 5.91 Å². The van der Waals surface area contributed by atoms with Crippen LogP contribution in [-0.2, 0) is 9.47 Å². The van der Waals surface area contributed by atoms with Gasteiger partial charge in [-0.1, -0.05) is 18.2 Å². The van der Waals surface area contributed by atoms with E-state index in [1.165, 1.54) is 0 Å². The number of hydrogen-bond donors (Lipinski definition) is 1. The van der Waals surface area contributed by atoms with Gasteiger partial charge in [0.2, 0.25) is 0 Å². The average molecular weight is 461 g/mol. The Hall–Kier alpha value is -3.16. The van der Waals surface area contributed by atoms with Gasteiger partial charge < -0.3 is 25.0 Å². The lowest BCUT2D eigenvalue weighted by atomic mass is 9.92. The number of carbonyl (C=O) groups excluding carboxylic acids is 1. The SMILES string of the molecule is COC1CCN(C(=O)c2cccc(C)c2-c2ccc3nc(N)c(N4CCOCC4)cc3c2)CC1. The predicted octanol–water partition coefficient (Wildman–Crippen LogP) is 3.88. The van der Waals surface area contributed by atoms with Crippen molar-refractivity contribution >= 4 is 28.3 Å². The fourth-order valence-electron chi connectivity index (χ4n) is 5.09. The largest absolute Gasteiger partial charge is 0.382 e. The monoisotopic (exact) mass is 460 g/mol. The number of carbonyl (C=O) groups is 1. The summed E-state index contributed by atoms with van der Waals surface area (Å²) in [4.78, 5) is 22.4. The number of amides is 1. The van der Waals surface area contributed by atoms with E-state index in [2.05, 4.69) is 35.0 Å². The van der Waals surface area contributed by atoms with E-state index < -0.39 is 0 Å². The van der Waals surface area contributed by atoms with Crippen LogP contribution in [0.25, 0.3) is 22.0 Å². The van der Waals surface area contributed by atoms with Crippen molar-refractivity contribution in [1.82, 2.24) is 9.88 Å². The molecule has 0 spiro atoms. The molecule has 34 heavy (non-hydrogen) atoms. The van der Waals surface area contributed by atoms with Gasteiger partial charge in [0.15, 0.2) is 0 Å². The number of pyridine rings is 1. The first-order chi connectivity index (χ1) is 16.5. The molecule has 0 saturated carbocycles. The maximum Gasteiger partial charge on any atom is 0.254 e. The Labute approximate surface area is 200 Å². The van der Waals surface area contributed by atoms with Crippen LogP contribution in [0.3, 0.4) is 0 Å². The van der Waals surface area contributed by atoms with Crippen molar-refractivity contribution in [2.24, 2.45) is 0 Å². The standard InChI is InChI=1S/C27H32N4O3/c1-18-4-3-5-22(27(32)31-10-8-21(33-2)9-11-31)25(18)19-6-7-23-20(16-19)17-24(26(28)29-23)30-12-14-34-15-13-30/h3-7,16-17,21H,8-15H2,1-2H3,(H2,28,29). The van der Waals surface area contributed by atoms with Gasteiger partial charge in [-0.25, -0.2) is 4.98 Å². The maximum atomic E-state index is 13.5. The summed E-state index contributed by atoms with van der Waals surface area (Å²) in [6, 6.07) is 14.2. The van der Waals surface area contributed by atoms with Gasteiger partial charge in [0.1, 0.15) is 5.82 Å². The summed E-state index contributed by atoms with van der Waals surface area (Å²) < 4.78 is 11.0. The van der Waals surface area contributed by atoms with Crippen molar-refractivity contribution in [3.05, 3.63) is 53.6 Å². The molecule has 2 aliphatic heterocycles. The first-order valence-electron chi connectivity index (χ1n) is 12.0. The lowest BCUT2D eigenvalue weighted by molar-refractivity contribution is 0.0351. The molecule has 2 aliphatic rings. The number of methoxy groups -OCH3 is 1. The summed E-state index contributed by atoms with van der Waals surface area (Å²) in [7, 11) is 1.74. The molecule has 2 saturated heterocycles. The number of morpholine rings is 1. The second kappa shape index (κ2) is 9.60. The number of nitrogens with two attached hydrogens (primary N) is 1. The number of aryl methyl sites for hydroxylation is 1. The first-order valence-corrected chi connectivity index (χ1v) is 12.0. The van der Waals surface area contributed by atoms with E-state index in [9.17, 15) is 4.79 Å². The highest BCUT2D eigenvalue weighted by Crippen LogP contribution is 2.34. The van der Waals surface area contributed by atoms with Gasteiger partial charge in [-0.2, -0.15) is 0 Å². The van der Waals surface area contributed by atoms with Gasteiger partial charge in [-0.3, -0.25) is 4.79 Å². The Bertz CT molecular complexity index is 1200. The third-order valence-electron chi connectivity index (χ3n) is 7.03. The molecule has 0 atom stereocenters. The molecular weight excluding hydrogens is 428 g/mol. The summed E-state index contributed by atoms with van der Waals surface area (Å²) in [6.45, 7) is 6.47. The van der Waals surface area contributed by atoms with Gasteiger partial charge in [0.05, 0.1) is 30.5 Å². The second-order valence-electron chi connectivity index (χ2n) is 9.12. The van der Waals surface area contributed by atoms with Gasteiger partial charge in [0, 0.05) is 44.2 Å². The van der Waals surface area contributed by atoms with Gasteiger partial charge >= 0.3 is 0 Å². The molecular formula is C27H32N4O3. The predicted molar refractivity (Wildman–Crippen MR) is 135 cm³/mol. The van der Waals surface area contributed by atoms with Crippen LogP contribution in [-0.4, -0.2) is 68.4 Å². The molecule has 5 rings (SSSR count). The highest BCUT2D eigenvalue weighted by molar-refractivity contribution is 6.03. The van der Waals surface area contributed by atoms with Crippen LogP contribution in [0.2, 0.25) is 0 Å².